The van der Waals surface area contributed by atoms with Crippen molar-refractivity contribution in [1.82, 2.24) is 10.3 Å². The van der Waals surface area contributed by atoms with Gasteiger partial charge in [0.25, 0.3) is 11.8 Å². The number of aromatic amines is 1. The molecule has 4 N–H and O–H groups in total. The highest BCUT2D eigenvalue weighted by Gasteiger charge is 2.32. The minimum atomic E-state index is -1.25. The molecule has 0 unspecified atom stereocenters. The highest BCUT2D eigenvalue weighted by atomic mass is 19.1. The zero-order chi connectivity index (χ0) is 20.6. The monoisotopic (exact) mass is 388 g/mol. The van der Waals surface area contributed by atoms with Gasteiger partial charge in [-0.05, 0) is 38.3 Å². The molecule has 2 amide bonds. The lowest BCUT2D eigenvalue weighted by molar-refractivity contribution is -0.116. The number of rotatable bonds is 3. The lowest BCUT2D eigenvalue weighted by Gasteiger charge is -2.37. The van der Waals surface area contributed by atoms with Crippen LogP contribution in [0, 0.1) is 31.5 Å². The zero-order valence-corrected chi connectivity index (χ0v) is 16.0. The first-order chi connectivity index (χ1) is 13.2. The molecule has 1 saturated heterocycles. The number of carbonyl (C=O) groups is 2. The average Bonchev–Trinajstić information content (AvgIpc) is 2.89. The Hall–Kier alpha value is -3.08. The van der Waals surface area contributed by atoms with E-state index < -0.39 is 29.8 Å². The van der Waals surface area contributed by atoms with E-state index in [4.69, 9.17) is 5.73 Å². The smallest absolute Gasteiger partial charge is 0.296 e. The van der Waals surface area contributed by atoms with Gasteiger partial charge in [-0.1, -0.05) is 5.92 Å². The summed E-state index contributed by atoms with van der Waals surface area (Å²) in [5.74, 6) is 2.96. The molecule has 1 aliphatic heterocycles. The van der Waals surface area contributed by atoms with Gasteiger partial charge in [0.15, 0.2) is 0 Å². The van der Waals surface area contributed by atoms with E-state index in [2.05, 4.69) is 22.1 Å². The molecule has 1 fully saturated rings. The number of piperidine rings is 1. The highest BCUT2D eigenvalue weighted by molar-refractivity contribution is 6.10. The Morgan fingerprint density at radius 3 is 2.71 bits per heavy atom. The largest absolute Gasteiger partial charge is 0.366 e. The van der Waals surface area contributed by atoms with Crippen molar-refractivity contribution >= 4 is 28.4 Å². The average molecular weight is 388 g/mol. The number of anilines is 1. The van der Waals surface area contributed by atoms with Gasteiger partial charge < -0.3 is 20.9 Å². The Bertz CT molecular complexity index is 1020. The highest BCUT2D eigenvalue weighted by Crippen LogP contribution is 2.37. The van der Waals surface area contributed by atoms with E-state index in [-0.39, 0.29) is 30.8 Å². The maximum atomic E-state index is 15.1. The predicted molar refractivity (Wildman–Crippen MR) is 103 cm³/mol. The maximum Gasteiger partial charge on any atom is 0.296 e. The SMILES string of the molecule is CC#CC(=O)N[C@H]1C[C@@H](F)CN(c2c(F)cc(C(N)=O)c3[nH]c(C)c(C)c23)C1. The van der Waals surface area contributed by atoms with Gasteiger partial charge in [-0.25, -0.2) is 8.78 Å². The van der Waals surface area contributed by atoms with Gasteiger partial charge in [0.2, 0.25) is 0 Å². The van der Waals surface area contributed by atoms with Crippen molar-refractivity contribution in [3.8, 4) is 11.8 Å². The van der Waals surface area contributed by atoms with Crippen LogP contribution in [0.1, 0.15) is 35.0 Å². The van der Waals surface area contributed by atoms with E-state index >= 15 is 4.39 Å². The van der Waals surface area contributed by atoms with Gasteiger partial charge in [0.1, 0.15) is 12.0 Å². The summed E-state index contributed by atoms with van der Waals surface area (Å²) in [7, 11) is 0. The second-order valence-electron chi connectivity index (χ2n) is 7.03. The number of nitrogens with two attached hydrogens (primary N) is 1. The van der Waals surface area contributed by atoms with Crippen LogP contribution in [-0.2, 0) is 4.79 Å². The number of aryl methyl sites for hydroxylation is 2. The number of alkyl halides is 1. The molecular formula is C20H22F2N4O2. The first-order valence-electron chi connectivity index (χ1n) is 8.96. The minimum Gasteiger partial charge on any atom is -0.366 e. The summed E-state index contributed by atoms with van der Waals surface area (Å²) in [6.45, 7) is 5.35. The summed E-state index contributed by atoms with van der Waals surface area (Å²) in [6.07, 6.45) is -1.12. The summed E-state index contributed by atoms with van der Waals surface area (Å²) in [4.78, 5) is 28.2. The molecule has 6 nitrogen and oxygen atoms in total. The van der Waals surface area contributed by atoms with Crippen molar-refractivity contribution in [2.75, 3.05) is 18.0 Å². The van der Waals surface area contributed by atoms with E-state index in [9.17, 15) is 14.0 Å². The predicted octanol–water partition coefficient (Wildman–Crippen LogP) is 2.08. The number of primary amides is 1. The third-order valence-corrected chi connectivity index (χ3v) is 5.06. The topological polar surface area (TPSA) is 91.2 Å². The number of carbonyl (C=O) groups excluding carboxylic acids is 2. The van der Waals surface area contributed by atoms with Crippen molar-refractivity contribution < 1.29 is 18.4 Å². The summed E-state index contributed by atoms with van der Waals surface area (Å²) in [5, 5.41) is 3.17. The van der Waals surface area contributed by atoms with Crippen LogP contribution < -0.4 is 16.0 Å². The number of aromatic nitrogens is 1. The molecule has 1 aliphatic rings. The molecular weight excluding hydrogens is 366 g/mol. The summed E-state index contributed by atoms with van der Waals surface area (Å²) >= 11 is 0. The number of hydrogen-bond donors (Lipinski definition) is 3. The molecule has 2 aromatic rings. The summed E-state index contributed by atoms with van der Waals surface area (Å²) in [6, 6.07) is 0.565. The second-order valence-corrected chi connectivity index (χ2v) is 7.03. The fourth-order valence-electron chi connectivity index (χ4n) is 3.77. The Kier molecular flexibility index (Phi) is 5.27. The minimum absolute atomic E-state index is 0.0164. The maximum absolute atomic E-state index is 15.1. The second kappa shape index (κ2) is 7.50. The van der Waals surface area contributed by atoms with Crippen LogP contribution in [0.15, 0.2) is 6.07 Å². The standard InChI is InChI=1S/C20H22F2N4O2/c1-4-5-16(27)25-13-6-12(21)8-26(9-13)19-15(22)7-14(20(23)28)18-17(19)10(2)11(3)24-18/h7,12-13,24H,6,8-9H2,1-3H3,(H2,23,28)(H,25,27)/t12-,13+/m1/s1. The van der Waals surface area contributed by atoms with Gasteiger partial charge in [-0.15, -0.1) is 0 Å². The van der Waals surface area contributed by atoms with E-state index in [1.807, 2.05) is 6.92 Å². The molecule has 0 saturated carbocycles. The Labute approximate surface area is 161 Å². The van der Waals surface area contributed by atoms with Gasteiger partial charge in [0.05, 0.1) is 22.8 Å². The number of amides is 2. The first kappa shape index (κ1) is 19.7. The van der Waals surface area contributed by atoms with Crippen molar-refractivity contribution in [2.24, 2.45) is 5.73 Å². The Morgan fingerprint density at radius 2 is 2.07 bits per heavy atom. The van der Waals surface area contributed by atoms with E-state index in [1.54, 1.807) is 11.8 Å². The van der Waals surface area contributed by atoms with Crippen molar-refractivity contribution in [2.45, 2.75) is 39.4 Å². The summed E-state index contributed by atoms with van der Waals surface area (Å²) < 4.78 is 29.5. The molecule has 0 aliphatic carbocycles. The first-order valence-corrected chi connectivity index (χ1v) is 8.96. The Balaban J connectivity index is 2.08. The number of H-pyrrole nitrogens is 1. The van der Waals surface area contributed by atoms with Gasteiger partial charge >= 0.3 is 0 Å². The number of benzene rings is 1. The van der Waals surface area contributed by atoms with Gasteiger partial charge in [-0.3, -0.25) is 9.59 Å². The molecule has 3 rings (SSSR count). The third-order valence-electron chi connectivity index (χ3n) is 5.06. The fraction of sp³-hybridized carbons (Fsp3) is 0.400. The Morgan fingerprint density at radius 1 is 1.36 bits per heavy atom. The molecule has 0 bridgehead atoms. The molecule has 28 heavy (non-hydrogen) atoms. The van der Waals surface area contributed by atoms with Crippen LogP contribution >= 0.6 is 0 Å². The summed E-state index contributed by atoms with van der Waals surface area (Å²) in [5.41, 5.74) is 7.60. The quantitative estimate of drug-likeness (QED) is 0.703. The normalized spacial score (nSPS) is 19.2. The molecule has 1 aromatic carbocycles. The van der Waals surface area contributed by atoms with Crippen LogP contribution in [0.3, 0.4) is 0 Å². The third kappa shape index (κ3) is 3.52. The van der Waals surface area contributed by atoms with Crippen LogP contribution in [0.5, 0.6) is 0 Å². The van der Waals surface area contributed by atoms with Crippen molar-refractivity contribution in [1.29, 1.82) is 0 Å². The van der Waals surface area contributed by atoms with Crippen LogP contribution in [0.2, 0.25) is 0 Å². The molecule has 1 aromatic heterocycles. The lowest BCUT2D eigenvalue weighted by atomic mass is 9.99. The fourth-order valence-corrected chi connectivity index (χ4v) is 3.77. The zero-order valence-electron chi connectivity index (χ0n) is 16.0. The van der Waals surface area contributed by atoms with Gasteiger partial charge in [-0.2, -0.15) is 0 Å². The van der Waals surface area contributed by atoms with Crippen molar-refractivity contribution in [3.63, 3.8) is 0 Å². The lowest BCUT2D eigenvalue weighted by Crippen LogP contribution is -2.51. The van der Waals surface area contributed by atoms with Crippen LogP contribution in [-0.4, -0.2) is 42.1 Å². The molecule has 0 spiro atoms. The number of nitrogens with zero attached hydrogens (tertiary/aromatic N) is 1. The molecule has 0 radical (unpaired) electrons. The number of hydrogen-bond acceptors (Lipinski definition) is 3. The van der Waals surface area contributed by atoms with Crippen molar-refractivity contribution in [3.05, 3.63) is 28.7 Å². The number of halogens is 2. The van der Waals surface area contributed by atoms with Crippen LogP contribution in [0.25, 0.3) is 10.9 Å². The molecule has 2 atom stereocenters. The van der Waals surface area contributed by atoms with Gasteiger partial charge in [0, 0.05) is 30.6 Å². The molecule has 2 heterocycles. The number of fused-ring (bicyclic) bond motifs is 1. The molecule has 8 heteroatoms. The van der Waals surface area contributed by atoms with E-state index in [1.165, 1.54) is 6.92 Å². The number of nitrogens with one attached hydrogen (secondary N) is 2. The molecule has 148 valence electrons. The van der Waals surface area contributed by atoms with E-state index in [0.29, 0.717) is 10.9 Å². The van der Waals surface area contributed by atoms with E-state index in [0.717, 1.165) is 17.3 Å². The van der Waals surface area contributed by atoms with Crippen LogP contribution in [0.4, 0.5) is 14.5 Å².